The summed E-state index contributed by atoms with van der Waals surface area (Å²) in [5.41, 5.74) is -1.93. The summed E-state index contributed by atoms with van der Waals surface area (Å²) in [5, 5.41) is -0.0361. The molecule has 1 fully saturated rings. The van der Waals surface area contributed by atoms with E-state index < -0.39 is 29.2 Å². The smallest absolute Gasteiger partial charge is 0.416 e. The minimum absolute atomic E-state index is 0.0361. The molecule has 3 aromatic rings. The van der Waals surface area contributed by atoms with Gasteiger partial charge in [0.1, 0.15) is 11.9 Å². The van der Waals surface area contributed by atoms with Crippen LogP contribution in [0.4, 0.5) is 17.6 Å². The van der Waals surface area contributed by atoms with Gasteiger partial charge in [0, 0.05) is 24.2 Å². The molecule has 4 rings (SSSR count). The number of H-pyrrole nitrogens is 1. The Morgan fingerprint density at radius 3 is 2.49 bits per heavy atom. The molecule has 1 N–H and O–H groups in total. The van der Waals surface area contributed by atoms with Gasteiger partial charge < -0.3 is 19.4 Å². The molecule has 1 saturated heterocycles. The molecule has 198 valence electrons. The molecule has 3 atom stereocenters. The van der Waals surface area contributed by atoms with E-state index in [1.165, 1.54) is 19.1 Å². The van der Waals surface area contributed by atoms with Gasteiger partial charge in [-0.3, -0.25) is 9.59 Å². The molecule has 37 heavy (non-hydrogen) atoms. The number of amides is 1. The number of aromatic amines is 1. The Morgan fingerprint density at radius 1 is 1.22 bits per heavy atom. The molecule has 1 aromatic heterocycles. The Kier molecular flexibility index (Phi) is 7.27. The number of fused-ring (bicyclic) bond motifs is 1. The van der Waals surface area contributed by atoms with Crippen LogP contribution in [0.25, 0.3) is 10.9 Å². The highest BCUT2D eigenvalue weighted by Gasteiger charge is 2.37. The topological polar surface area (TPSA) is 84.5 Å². The van der Waals surface area contributed by atoms with Crippen LogP contribution in [0.3, 0.4) is 0 Å². The fourth-order valence-corrected chi connectivity index (χ4v) is 4.61. The van der Waals surface area contributed by atoms with E-state index >= 15 is 4.39 Å². The third kappa shape index (κ3) is 5.61. The first kappa shape index (κ1) is 26.6. The van der Waals surface area contributed by atoms with Gasteiger partial charge in [-0.25, -0.2) is 9.37 Å². The number of aromatic nitrogens is 2. The summed E-state index contributed by atoms with van der Waals surface area (Å²) in [4.78, 5) is 33.3. The van der Waals surface area contributed by atoms with Gasteiger partial charge in [0.2, 0.25) is 0 Å². The van der Waals surface area contributed by atoms with Crippen molar-refractivity contribution in [1.82, 2.24) is 14.9 Å². The number of morpholine rings is 1. The molecule has 7 nitrogen and oxygen atoms in total. The minimum atomic E-state index is -4.76. The highest BCUT2D eigenvalue weighted by atomic mass is 19.4. The lowest BCUT2D eigenvalue weighted by molar-refractivity contribution is -0.139. The Balaban J connectivity index is 1.67. The summed E-state index contributed by atoms with van der Waals surface area (Å²) in [5.74, 6) is -1.39. The second-order valence-corrected chi connectivity index (χ2v) is 9.23. The summed E-state index contributed by atoms with van der Waals surface area (Å²) >= 11 is 0. The van der Waals surface area contributed by atoms with Gasteiger partial charge >= 0.3 is 6.18 Å². The first-order valence-electron chi connectivity index (χ1n) is 11.9. The Labute approximate surface area is 210 Å². The SMILES string of the molecule is CC[C@H](Oc1ccc(C(=O)N2C[C@@H](C)O[C@@H](C)C2)cc1F)c1cc2c(=O)[nH]c(C)nc2cc1C(F)(F)F. The van der Waals surface area contributed by atoms with Gasteiger partial charge in [-0.1, -0.05) is 6.92 Å². The molecule has 0 saturated carbocycles. The van der Waals surface area contributed by atoms with Gasteiger partial charge in [-0.05, 0) is 57.5 Å². The van der Waals surface area contributed by atoms with E-state index in [-0.39, 0.29) is 58.1 Å². The van der Waals surface area contributed by atoms with Crippen LogP contribution in [0.1, 0.15) is 60.6 Å². The molecule has 2 aromatic carbocycles. The zero-order valence-electron chi connectivity index (χ0n) is 20.8. The Bertz CT molecular complexity index is 1380. The third-order valence-corrected chi connectivity index (χ3v) is 6.17. The number of carbonyl (C=O) groups excluding carboxylic acids is 1. The van der Waals surface area contributed by atoms with Crippen molar-refractivity contribution in [3.05, 3.63) is 69.0 Å². The van der Waals surface area contributed by atoms with Crippen LogP contribution in [0.15, 0.2) is 35.1 Å². The van der Waals surface area contributed by atoms with Crippen molar-refractivity contribution >= 4 is 16.8 Å². The molecule has 0 spiro atoms. The van der Waals surface area contributed by atoms with Gasteiger partial charge in [0.25, 0.3) is 11.5 Å². The monoisotopic (exact) mass is 521 g/mol. The van der Waals surface area contributed by atoms with Gasteiger partial charge in [0.05, 0.1) is 28.7 Å². The number of nitrogens with one attached hydrogen (secondary N) is 1. The van der Waals surface area contributed by atoms with Crippen molar-refractivity contribution in [1.29, 1.82) is 0 Å². The van der Waals surface area contributed by atoms with E-state index in [9.17, 15) is 22.8 Å². The lowest BCUT2D eigenvalue weighted by Gasteiger charge is -2.35. The zero-order valence-corrected chi connectivity index (χ0v) is 20.8. The van der Waals surface area contributed by atoms with Crippen molar-refractivity contribution in [3.63, 3.8) is 0 Å². The number of halogens is 4. The van der Waals surface area contributed by atoms with Crippen molar-refractivity contribution in [2.24, 2.45) is 0 Å². The molecule has 0 unspecified atom stereocenters. The largest absolute Gasteiger partial charge is 0.483 e. The fourth-order valence-electron chi connectivity index (χ4n) is 4.61. The molecule has 1 aliphatic rings. The first-order valence-corrected chi connectivity index (χ1v) is 11.9. The number of hydrogen-bond acceptors (Lipinski definition) is 5. The summed E-state index contributed by atoms with van der Waals surface area (Å²) in [6.07, 6.45) is -6.27. The highest BCUT2D eigenvalue weighted by molar-refractivity contribution is 5.94. The Hall–Kier alpha value is -3.47. The first-order chi connectivity index (χ1) is 17.4. The molecule has 1 amide bonds. The predicted molar refractivity (Wildman–Crippen MR) is 128 cm³/mol. The third-order valence-electron chi connectivity index (χ3n) is 6.17. The lowest BCUT2D eigenvalue weighted by atomic mass is 9.97. The van der Waals surface area contributed by atoms with Crippen LogP contribution in [0.5, 0.6) is 5.75 Å². The quantitative estimate of drug-likeness (QED) is 0.469. The maximum atomic E-state index is 15.0. The number of hydrogen-bond donors (Lipinski definition) is 1. The van der Waals surface area contributed by atoms with Gasteiger partial charge in [0.15, 0.2) is 11.6 Å². The van der Waals surface area contributed by atoms with Crippen molar-refractivity contribution in [3.8, 4) is 5.75 Å². The van der Waals surface area contributed by atoms with Crippen LogP contribution < -0.4 is 10.3 Å². The van der Waals surface area contributed by atoms with E-state index in [1.54, 1.807) is 11.8 Å². The highest BCUT2D eigenvalue weighted by Crippen LogP contribution is 2.39. The molecule has 0 aliphatic carbocycles. The molecular weight excluding hydrogens is 494 g/mol. The number of benzene rings is 2. The second-order valence-electron chi connectivity index (χ2n) is 9.23. The number of aryl methyl sites for hydroxylation is 1. The number of ether oxygens (including phenoxy) is 2. The van der Waals surface area contributed by atoms with Crippen LogP contribution in [0.2, 0.25) is 0 Å². The van der Waals surface area contributed by atoms with Crippen LogP contribution in [-0.2, 0) is 10.9 Å². The second kappa shape index (κ2) is 10.1. The maximum absolute atomic E-state index is 15.0. The average Bonchev–Trinajstić information content (AvgIpc) is 2.81. The van der Waals surface area contributed by atoms with Gasteiger partial charge in [-0.2, -0.15) is 13.2 Å². The van der Waals surface area contributed by atoms with E-state index in [4.69, 9.17) is 9.47 Å². The standard InChI is InChI=1S/C26H27F4N3O4/c1-5-22(17-9-18-21(10-19(17)26(28,29)30)31-15(4)32-24(18)34)37-23-7-6-16(8-20(23)27)25(35)33-11-13(2)36-14(3)12-33/h6-10,13-14,22H,5,11-12H2,1-4H3,(H,31,32,34)/t13-,14+,22-/m0/s1. The normalized spacial score (nSPS) is 19.2. The number of rotatable bonds is 5. The van der Waals surface area contributed by atoms with Crippen LogP contribution in [0, 0.1) is 12.7 Å². The maximum Gasteiger partial charge on any atom is 0.416 e. The van der Waals surface area contributed by atoms with E-state index in [0.29, 0.717) is 13.1 Å². The molecule has 0 bridgehead atoms. The molecule has 11 heteroatoms. The Morgan fingerprint density at radius 2 is 1.89 bits per heavy atom. The van der Waals surface area contributed by atoms with Crippen LogP contribution in [-0.4, -0.2) is 46.1 Å². The molecule has 1 aliphatic heterocycles. The summed E-state index contributed by atoms with van der Waals surface area (Å²) < 4.78 is 68.3. The molecule has 0 radical (unpaired) electrons. The predicted octanol–water partition coefficient (Wildman–Crippen LogP) is 5.17. The molecule has 2 heterocycles. The van der Waals surface area contributed by atoms with Crippen LogP contribution >= 0.6 is 0 Å². The van der Waals surface area contributed by atoms with E-state index in [0.717, 1.165) is 18.2 Å². The van der Waals surface area contributed by atoms with Crippen molar-refractivity contribution in [2.75, 3.05) is 13.1 Å². The minimum Gasteiger partial charge on any atom is -0.483 e. The lowest BCUT2D eigenvalue weighted by Crippen LogP contribution is -2.48. The van der Waals surface area contributed by atoms with Crippen molar-refractivity contribution in [2.45, 2.75) is 58.6 Å². The summed E-state index contributed by atoms with van der Waals surface area (Å²) in [7, 11) is 0. The number of carbonyl (C=O) groups is 1. The summed E-state index contributed by atoms with van der Waals surface area (Å²) in [6, 6.07) is 5.51. The fraction of sp³-hybridized carbons (Fsp3) is 0.423. The van der Waals surface area contributed by atoms with Gasteiger partial charge in [-0.15, -0.1) is 0 Å². The number of alkyl halides is 3. The molecular formula is C26H27F4N3O4. The number of nitrogens with zero attached hydrogens (tertiary/aromatic N) is 2. The van der Waals surface area contributed by atoms with E-state index in [2.05, 4.69) is 9.97 Å². The van der Waals surface area contributed by atoms with Crippen molar-refractivity contribution < 1.29 is 31.8 Å². The summed E-state index contributed by atoms with van der Waals surface area (Å²) in [6.45, 7) is 7.45. The van der Waals surface area contributed by atoms with E-state index in [1.807, 2.05) is 13.8 Å². The average molecular weight is 522 g/mol. The zero-order chi connectivity index (χ0) is 27.1.